The second-order valence-electron chi connectivity index (χ2n) is 18.6. The Hall–Kier alpha value is -1.86. The first-order chi connectivity index (χ1) is 25.9. The standard InChI is InChI=1S/C39H62N2O14/c1-36(2)44-18-24(50-36)26-28(30-32(46-26)54-38(5,6)52-30)48-34(42)40-22-13-9-20(10-14-22)17-21-11-15-23(16-12-21)41-35(43)49-29-27(25-19-45-37(3,4)51-25)47-33-31(29)53-39(7,8)55-33/h20-33H,9-19H2,1-8H3,(H,40,42)(H,41,43)/t20?,21?,22?,23?,24?,25?,26?,27?,28?,29?,30?,31?,32-,33-/m1/s1. The first kappa shape index (κ1) is 39.9. The lowest BCUT2D eigenvalue weighted by Crippen LogP contribution is -2.48. The van der Waals surface area contributed by atoms with Crippen molar-refractivity contribution in [2.24, 2.45) is 11.8 Å². The molecule has 2 saturated carbocycles. The molecule has 8 aliphatic rings. The predicted molar refractivity (Wildman–Crippen MR) is 190 cm³/mol. The number of hydrogen-bond acceptors (Lipinski definition) is 14. The summed E-state index contributed by atoms with van der Waals surface area (Å²) in [5.74, 6) is -1.98. The Morgan fingerprint density at radius 1 is 0.509 bits per heavy atom. The molecule has 0 radical (unpaired) electrons. The van der Waals surface area contributed by atoms with Gasteiger partial charge in [-0.05, 0) is 125 Å². The van der Waals surface area contributed by atoms with Crippen LogP contribution in [0.5, 0.6) is 0 Å². The molecule has 6 saturated heterocycles. The maximum atomic E-state index is 13.3. The molecule has 8 rings (SSSR count). The average molecular weight is 783 g/mol. The summed E-state index contributed by atoms with van der Waals surface area (Å²) in [6.07, 6.45) is 2.18. The Labute approximate surface area is 323 Å². The monoisotopic (exact) mass is 782 g/mol. The first-order valence-electron chi connectivity index (χ1n) is 20.5. The Morgan fingerprint density at radius 2 is 0.891 bits per heavy atom. The van der Waals surface area contributed by atoms with Gasteiger partial charge in [0.1, 0.15) is 24.4 Å². The summed E-state index contributed by atoms with van der Waals surface area (Å²) in [6, 6.07) is 0.0835. The lowest BCUT2D eigenvalue weighted by Gasteiger charge is -2.35. The number of amides is 2. The topological polar surface area (TPSA) is 169 Å². The third kappa shape index (κ3) is 9.08. The van der Waals surface area contributed by atoms with Crippen LogP contribution in [0.1, 0.15) is 113 Å². The lowest BCUT2D eigenvalue weighted by molar-refractivity contribution is -0.232. The van der Waals surface area contributed by atoms with E-state index in [0.717, 1.165) is 57.8 Å². The fourth-order valence-electron chi connectivity index (χ4n) is 9.83. The van der Waals surface area contributed by atoms with Gasteiger partial charge in [-0.1, -0.05) is 0 Å². The van der Waals surface area contributed by atoms with E-state index < -0.39 is 96.7 Å². The summed E-state index contributed by atoms with van der Waals surface area (Å²) in [6.45, 7) is 15.3. The number of hydrogen-bond donors (Lipinski definition) is 2. The Kier molecular flexibility index (Phi) is 10.9. The highest BCUT2D eigenvalue weighted by Crippen LogP contribution is 2.44. The summed E-state index contributed by atoms with van der Waals surface area (Å²) in [4.78, 5) is 26.5. The van der Waals surface area contributed by atoms with Gasteiger partial charge in [0, 0.05) is 12.1 Å². The molecular formula is C39H62N2O14. The molecule has 6 heterocycles. The van der Waals surface area contributed by atoms with Crippen molar-refractivity contribution in [3.05, 3.63) is 0 Å². The summed E-state index contributed by atoms with van der Waals surface area (Å²) in [5.41, 5.74) is 0. The zero-order valence-electron chi connectivity index (χ0n) is 33.6. The molecule has 0 bridgehead atoms. The van der Waals surface area contributed by atoms with Crippen LogP contribution in [-0.2, 0) is 56.8 Å². The van der Waals surface area contributed by atoms with Crippen LogP contribution in [0, 0.1) is 11.8 Å². The largest absolute Gasteiger partial charge is 0.440 e. The van der Waals surface area contributed by atoms with E-state index in [1.807, 2.05) is 55.4 Å². The summed E-state index contributed by atoms with van der Waals surface area (Å²) >= 11 is 0. The molecule has 312 valence electrons. The van der Waals surface area contributed by atoms with Gasteiger partial charge in [0.2, 0.25) is 0 Å². The second-order valence-corrected chi connectivity index (χ2v) is 18.6. The van der Waals surface area contributed by atoms with Gasteiger partial charge >= 0.3 is 12.2 Å². The average Bonchev–Trinajstić information content (AvgIpc) is 3.92. The first-order valence-corrected chi connectivity index (χ1v) is 20.5. The van der Waals surface area contributed by atoms with Crippen LogP contribution < -0.4 is 10.6 Å². The molecule has 8 unspecified atom stereocenters. The lowest BCUT2D eigenvalue weighted by atomic mass is 9.76. The van der Waals surface area contributed by atoms with Gasteiger partial charge < -0.3 is 67.5 Å². The van der Waals surface area contributed by atoms with Gasteiger partial charge in [0.25, 0.3) is 0 Å². The number of ether oxygens (including phenoxy) is 12. The van der Waals surface area contributed by atoms with E-state index in [1.165, 1.54) is 0 Å². The number of alkyl carbamates (subject to hydrolysis) is 2. The number of carbonyl (C=O) groups excluding carboxylic acids is 2. The van der Waals surface area contributed by atoms with Crippen LogP contribution in [0.3, 0.4) is 0 Å². The molecule has 0 aromatic rings. The van der Waals surface area contributed by atoms with Crippen molar-refractivity contribution < 1.29 is 66.4 Å². The van der Waals surface area contributed by atoms with Gasteiger partial charge in [-0.2, -0.15) is 0 Å². The molecule has 2 aliphatic carbocycles. The number of fused-ring (bicyclic) bond motifs is 2. The third-order valence-electron chi connectivity index (χ3n) is 12.3. The van der Waals surface area contributed by atoms with Gasteiger partial charge in [-0.25, -0.2) is 9.59 Å². The zero-order chi connectivity index (χ0) is 38.9. The number of nitrogens with one attached hydrogen (secondary N) is 2. The summed E-state index contributed by atoms with van der Waals surface area (Å²) in [7, 11) is 0. The molecule has 0 spiro atoms. The molecule has 8 fully saturated rings. The second kappa shape index (κ2) is 15.1. The van der Waals surface area contributed by atoms with Crippen LogP contribution in [0.25, 0.3) is 0 Å². The molecule has 0 aromatic heterocycles. The highest BCUT2D eigenvalue weighted by Gasteiger charge is 2.61. The Bertz CT molecular complexity index is 1290. The predicted octanol–water partition coefficient (Wildman–Crippen LogP) is 4.74. The normalized spacial score (nSPS) is 45.2. The van der Waals surface area contributed by atoms with Crippen molar-refractivity contribution >= 4 is 12.2 Å². The molecule has 2 amide bonds. The number of rotatable bonds is 8. The highest BCUT2D eigenvalue weighted by molar-refractivity contribution is 5.68. The maximum absolute atomic E-state index is 13.3. The van der Waals surface area contributed by atoms with Gasteiger partial charge in [-0.3, -0.25) is 0 Å². The van der Waals surface area contributed by atoms with Crippen LogP contribution in [0.15, 0.2) is 0 Å². The quantitative estimate of drug-likeness (QED) is 0.346. The van der Waals surface area contributed by atoms with Gasteiger partial charge in [0.15, 0.2) is 60.1 Å². The van der Waals surface area contributed by atoms with Crippen LogP contribution in [0.4, 0.5) is 9.59 Å². The van der Waals surface area contributed by atoms with Gasteiger partial charge in [-0.15, -0.1) is 0 Å². The fourth-order valence-corrected chi connectivity index (χ4v) is 9.83. The molecule has 0 aromatic carbocycles. The SMILES string of the molecule is CC1(C)OCC(C2O[C@@H]3OC(C)(C)OC3C2OC(=O)NC2CCC(CC3CCC(NC(=O)OC4C(C5COC(C)(C)O5)O[C@@H]5OC(C)(C)OC45)CC3)CC2)O1. The minimum atomic E-state index is -0.846. The summed E-state index contributed by atoms with van der Waals surface area (Å²) < 4.78 is 72.2. The highest BCUT2D eigenvalue weighted by atomic mass is 16.9. The van der Waals surface area contributed by atoms with Crippen molar-refractivity contribution in [3.63, 3.8) is 0 Å². The minimum Gasteiger partial charge on any atom is -0.440 e. The Morgan fingerprint density at radius 3 is 1.24 bits per heavy atom. The van der Waals surface area contributed by atoms with Crippen molar-refractivity contribution in [2.75, 3.05) is 13.2 Å². The molecule has 16 nitrogen and oxygen atoms in total. The van der Waals surface area contributed by atoms with E-state index in [1.54, 1.807) is 0 Å². The van der Waals surface area contributed by atoms with E-state index in [9.17, 15) is 9.59 Å². The minimum absolute atomic E-state index is 0.0418. The van der Waals surface area contributed by atoms with Gasteiger partial charge in [0.05, 0.1) is 13.2 Å². The van der Waals surface area contributed by atoms with E-state index in [2.05, 4.69) is 10.6 Å². The van der Waals surface area contributed by atoms with Crippen molar-refractivity contribution in [1.29, 1.82) is 0 Å². The zero-order valence-corrected chi connectivity index (χ0v) is 33.6. The maximum Gasteiger partial charge on any atom is 0.407 e. The van der Waals surface area contributed by atoms with Crippen molar-refractivity contribution in [1.82, 2.24) is 10.6 Å². The van der Waals surface area contributed by atoms with E-state index >= 15 is 0 Å². The van der Waals surface area contributed by atoms with Crippen molar-refractivity contribution in [3.8, 4) is 0 Å². The molecule has 10 atom stereocenters. The van der Waals surface area contributed by atoms with E-state index in [0.29, 0.717) is 25.0 Å². The van der Waals surface area contributed by atoms with E-state index in [-0.39, 0.29) is 12.1 Å². The molecule has 2 N–H and O–H groups in total. The Balaban J connectivity index is 0.758. The molecule has 16 heteroatoms. The molecule has 55 heavy (non-hydrogen) atoms. The number of carbonyl (C=O) groups is 2. The smallest absolute Gasteiger partial charge is 0.407 e. The molecular weight excluding hydrogens is 720 g/mol. The van der Waals surface area contributed by atoms with Crippen LogP contribution in [-0.4, -0.2) is 122 Å². The summed E-state index contributed by atoms with van der Waals surface area (Å²) in [5, 5.41) is 6.23. The van der Waals surface area contributed by atoms with E-state index in [4.69, 9.17) is 56.8 Å². The third-order valence-corrected chi connectivity index (χ3v) is 12.3. The van der Waals surface area contributed by atoms with Crippen LogP contribution >= 0.6 is 0 Å². The molecule has 6 aliphatic heterocycles. The van der Waals surface area contributed by atoms with Crippen molar-refractivity contribution in [2.45, 2.75) is 210 Å². The van der Waals surface area contributed by atoms with Crippen LogP contribution in [0.2, 0.25) is 0 Å². The fraction of sp³-hybridized carbons (Fsp3) is 0.949.